The van der Waals surface area contributed by atoms with Gasteiger partial charge in [0.25, 0.3) is 0 Å². The molecule has 0 atom stereocenters. The van der Waals surface area contributed by atoms with Gasteiger partial charge in [0.1, 0.15) is 0 Å². The van der Waals surface area contributed by atoms with Gasteiger partial charge in [0.05, 0.1) is 6.61 Å². The molecule has 0 aromatic carbocycles. The first kappa shape index (κ1) is 6.66. The SMILES string of the molecule is C=C(C)CCOO. The third kappa shape index (κ3) is 5.66. The van der Waals surface area contributed by atoms with Gasteiger partial charge in [-0.1, -0.05) is 5.57 Å². The summed E-state index contributed by atoms with van der Waals surface area (Å²) in [6.45, 7) is 5.85. The summed E-state index contributed by atoms with van der Waals surface area (Å²) in [6, 6.07) is 0. The fourth-order valence-electron chi connectivity index (χ4n) is 0.220. The molecule has 0 unspecified atom stereocenters. The van der Waals surface area contributed by atoms with Crippen molar-refractivity contribution < 1.29 is 10.1 Å². The Labute approximate surface area is 43.3 Å². The van der Waals surface area contributed by atoms with Crippen LogP contribution in [0.3, 0.4) is 0 Å². The summed E-state index contributed by atoms with van der Waals surface area (Å²) >= 11 is 0. The maximum atomic E-state index is 7.77. The Bertz CT molecular complexity index is 59.1. The van der Waals surface area contributed by atoms with Gasteiger partial charge >= 0.3 is 0 Å². The van der Waals surface area contributed by atoms with E-state index in [2.05, 4.69) is 11.5 Å². The fraction of sp³-hybridized carbons (Fsp3) is 0.600. The lowest BCUT2D eigenvalue weighted by Crippen LogP contribution is -1.87. The van der Waals surface area contributed by atoms with E-state index in [4.69, 9.17) is 5.26 Å². The molecule has 0 saturated heterocycles. The molecule has 7 heavy (non-hydrogen) atoms. The van der Waals surface area contributed by atoms with Crippen LogP contribution in [0.4, 0.5) is 0 Å². The smallest absolute Gasteiger partial charge is 0.0856 e. The molecule has 0 bridgehead atoms. The van der Waals surface area contributed by atoms with Crippen LogP contribution in [0.1, 0.15) is 13.3 Å². The Hall–Kier alpha value is -0.340. The molecule has 0 aromatic rings. The minimum atomic E-state index is 0.356. The monoisotopic (exact) mass is 102 g/mol. The Morgan fingerprint density at radius 3 is 2.57 bits per heavy atom. The predicted molar refractivity (Wildman–Crippen MR) is 28.0 cm³/mol. The summed E-state index contributed by atoms with van der Waals surface area (Å²) in [5.41, 5.74) is 1.02. The van der Waals surface area contributed by atoms with Gasteiger partial charge in [-0.25, -0.2) is 4.89 Å². The lowest BCUT2D eigenvalue weighted by molar-refractivity contribution is -0.241. The van der Waals surface area contributed by atoms with Gasteiger partial charge in [0.15, 0.2) is 0 Å². The first-order chi connectivity index (χ1) is 3.27. The van der Waals surface area contributed by atoms with E-state index in [9.17, 15) is 0 Å². The Morgan fingerprint density at radius 2 is 2.43 bits per heavy atom. The molecule has 0 aromatic heterocycles. The molecule has 42 valence electrons. The molecular weight excluding hydrogens is 92.1 g/mol. The minimum Gasteiger partial charge on any atom is -0.252 e. The van der Waals surface area contributed by atoms with E-state index < -0.39 is 0 Å². The number of rotatable bonds is 3. The van der Waals surface area contributed by atoms with Gasteiger partial charge in [-0.3, -0.25) is 5.26 Å². The molecule has 0 spiro atoms. The van der Waals surface area contributed by atoms with Crippen molar-refractivity contribution in [3.63, 3.8) is 0 Å². The summed E-state index contributed by atoms with van der Waals surface area (Å²) in [6.07, 6.45) is 0.733. The average Bonchev–Trinajstić information content (AvgIpc) is 1.61. The van der Waals surface area contributed by atoms with Crippen LogP contribution < -0.4 is 0 Å². The van der Waals surface area contributed by atoms with Gasteiger partial charge < -0.3 is 0 Å². The van der Waals surface area contributed by atoms with Gasteiger partial charge in [-0.05, 0) is 13.3 Å². The predicted octanol–water partition coefficient (Wildman–Crippen LogP) is 1.44. The first-order valence-electron chi connectivity index (χ1n) is 2.18. The molecule has 0 fully saturated rings. The Kier molecular flexibility index (Phi) is 3.65. The highest BCUT2D eigenvalue weighted by Gasteiger charge is 1.82. The molecule has 0 aliphatic heterocycles. The molecule has 2 nitrogen and oxygen atoms in total. The van der Waals surface area contributed by atoms with Crippen molar-refractivity contribution in [3.05, 3.63) is 12.2 Å². The summed E-state index contributed by atoms with van der Waals surface area (Å²) in [5, 5.41) is 7.77. The highest BCUT2D eigenvalue weighted by atomic mass is 17.1. The lowest BCUT2D eigenvalue weighted by atomic mass is 10.3. The third-order valence-electron chi connectivity index (χ3n) is 0.620. The van der Waals surface area contributed by atoms with E-state index in [1.807, 2.05) is 6.92 Å². The number of hydrogen-bond donors (Lipinski definition) is 1. The maximum Gasteiger partial charge on any atom is 0.0856 e. The summed E-state index contributed by atoms with van der Waals surface area (Å²) in [5.74, 6) is 0. The third-order valence-corrected chi connectivity index (χ3v) is 0.620. The van der Waals surface area contributed by atoms with E-state index >= 15 is 0 Å². The van der Waals surface area contributed by atoms with Gasteiger partial charge in [-0.15, -0.1) is 6.58 Å². The largest absolute Gasteiger partial charge is 0.252 e. The van der Waals surface area contributed by atoms with E-state index in [1.165, 1.54) is 0 Å². The minimum absolute atomic E-state index is 0.356. The highest BCUT2D eigenvalue weighted by Crippen LogP contribution is 1.92. The fourth-order valence-corrected chi connectivity index (χ4v) is 0.220. The molecule has 2 heteroatoms. The topological polar surface area (TPSA) is 29.5 Å². The Morgan fingerprint density at radius 1 is 1.86 bits per heavy atom. The van der Waals surface area contributed by atoms with Crippen LogP contribution in [-0.4, -0.2) is 11.9 Å². The summed E-state index contributed by atoms with van der Waals surface area (Å²) in [4.78, 5) is 3.79. The molecule has 1 N–H and O–H groups in total. The van der Waals surface area contributed by atoms with Crippen LogP contribution in [-0.2, 0) is 4.89 Å². The molecule has 0 heterocycles. The van der Waals surface area contributed by atoms with Gasteiger partial charge in [0, 0.05) is 0 Å². The molecule has 0 aliphatic rings. The van der Waals surface area contributed by atoms with E-state index in [1.54, 1.807) is 0 Å². The molecule has 0 rings (SSSR count). The van der Waals surface area contributed by atoms with E-state index in [0.717, 1.165) is 12.0 Å². The van der Waals surface area contributed by atoms with Crippen LogP contribution in [0, 0.1) is 0 Å². The highest BCUT2D eigenvalue weighted by molar-refractivity contribution is 4.86. The maximum absolute atomic E-state index is 7.77. The van der Waals surface area contributed by atoms with Crippen molar-refractivity contribution in [1.29, 1.82) is 0 Å². The molecule has 0 radical (unpaired) electrons. The average molecular weight is 102 g/mol. The molecular formula is C5H10O2. The van der Waals surface area contributed by atoms with E-state index in [0.29, 0.717) is 6.61 Å². The van der Waals surface area contributed by atoms with Crippen LogP contribution in [0.15, 0.2) is 12.2 Å². The van der Waals surface area contributed by atoms with Gasteiger partial charge in [0.2, 0.25) is 0 Å². The van der Waals surface area contributed by atoms with Crippen molar-refractivity contribution in [3.8, 4) is 0 Å². The van der Waals surface area contributed by atoms with Gasteiger partial charge in [-0.2, -0.15) is 0 Å². The second kappa shape index (κ2) is 3.84. The van der Waals surface area contributed by atoms with Crippen molar-refractivity contribution in [1.82, 2.24) is 0 Å². The van der Waals surface area contributed by atoms with E-state index in [-0.39, 0.29) is 0 Å². The van der Waals surface area contributed by atoms with Crippen LogP contribution in [0.5, 0.6) is 0 Å². The molecule has 0 aliphatic carbocycles. The quantitative estimate of drug-likeness (QED) is 0.332. The van der Waals surface area contributed by atoms with Crippen molar-refractivity contribution in [2.75, 3.05) is 6.61 Å². The zero-order chi connectivity index (χ0) is 5.70. The second-order valence-electron chi connectivity index (χ2n) is 1.54. The standard InChI is InChI=1S/C5H10O2/c1-5(2)3-4-7-6/h6H,1,3-4H2,2H3. The zero-order valence-electron chi connectivity index (χ0n) is 4.48. The zero-order valence-corrected chi connectivity index (χ0v) is 4.48. The first-order valence-corrected chi connectivity index (χ1v) is 2.18. The lowest BCUT2D eigenvalue weighted by Gasteiger charge is -1.91. The van der Waals surface area contributed by atoms with Crippen LogP contribution in [0.2, 0.25) is 0 Å². The van der Waals surface area contributed by atoms with Crippen molar-refractivity contribution in [2.45, 2.75) is 13.3 Å². The normalized spacial score (nSPS) is 8.86. The second-order valence-corrected chi connectivity index (χ2v) is 1.54. The molecule has 0 amide bonds. The number of hydrogen-bond acceptors (Lipinski definition) is 2. The summed E-state index contributed by atoms with van der Waals surface area (Å²) < 4.78 is 0. The van der Waals surface area contributed by atoms with Crippen LogP contribution >= 0.6 is 0 Å². The Balaban J connectivity index is 2.82. The van der Waals surface area contributed by atoms with Crippen molar-refractivity contribution in [2.24, 2.45) is 0 Å². The van der Waals surface area contributed by atoms with Crippen molar-refractivity contribution >= 4 is 0 Å². The summed E-state index contributed by atoms with van der Waals surface area (Å²) in [7, 11) is 0. The van der Waals surface area contributed by atoms with Crippen LogP contribution in [0.25, 0.3) is 0 Å². The molecule has 0 saturated carbocycles.